The van der Waals surface area contributed by atoms with Crippen molar-refractivity contribution in [1.29, 1.82) is 0 Å². The first kappa shape index (κ1) is 11.1. The first-order valence-corrected chi connectivity index (χ1v) is 5.33. The van der Waals surface area contributed by atoms with Crippen molar-refractivity contribution < 1.29 is 0 Å². The highest BCUT2D eigenvalue weighted by molar-refractivity contribution is 5.56. The van der Waals surface area contributed by atoms with Gasteiger partial charge in [-0.3, -0.25) is 0 Å². The molecule has 0 saturated carbocycles. The lowest BCUT2D eigenvalue weighted by molar-refractivity contribution is 0.833. The van der Waals surface area contributed by atoms with Gasteiger partial charge in [-0.2, -0.15) is 0 Å². The summed E-state index contributed by atoms with van der Waals surface area (Å²) in [6, 6.07) is 4.45. The average molecular weight is 191 g/mol. The van der Waals surface area contributed by atoms with Crippen molar-refractivity contribution in [2.24, 2.45) is 0 Å². The minimum absolute atomic E-state index is 0.507. The largest absolute Gasteiger partial charge is 0.398 e. The number of hydrogen-bond donors (Lipinski definition) is 1. The van der Waals surface area contributed by atoms with Gasteiger partial charge in [0.05, 0.1) is 0 Å². The van der Waals surface area contributed by atoms with Gasteiger partial charge in [0.15, 0.2) is 0 Å². The Morgan fingerprint density at radius 3 is 2.00 bits per heavy atom. The van der Waals surface area contributed by atoms with E-state index in [2.05, 4.69) is 46.8 Å². The lowest BCUT2D eigenvalue weighted by Crippen LogP contribution is -2.02. The minimum Gasteiger partial charge on any atom is -0.398 e. The number of hydrogen-bond acceptors (Lipinski definition) is 1. The van der Waals surface area contributed by atoms with Crippen molar-refractivity contribution in [3.8, 4) is 0 Å². The standard InChI is InChI=1S/C13H21N/c1-8(2)11-6-10(5)13(14)12(7-11)9(3)4/h6-9H,14H2,1-5H3. The van der Waals surface area contributed by atoms with Gasteiger partial charge < -0.3 is 5.73 Å². The van der Waals surface area contributed by atoms with Gasteiger partial charge in [0.1, 0.15) is 0 Å². The molecule has 0 unspecified atom stereocenters. The molecule has 2 N–H and O–H groups in total. The zero-order valence-electron chi connectivity index (χ0n) is 9.89. The van der Waals surface area contributed by atoms with Crippen LogP contribution >= 0.6 is 0 Å². The SMILES string of the molecule is Cc1cc(C(C)C)cc(C(C)C)c1N. The number of benzene rings is 1. The third kappa shape index (κ3) is 2.09. The van der Waals surface area contributed by atoms with Crippen molar-refractivity contribution >= 4 is 5.69 Å². The van der Waals surface area contributed by atoms with Crippen LogP contribution < -0.4 is 5.73 Å². The van der Waals surface area contributed by atoms with Crippen LogP contribution in [-0.2, 0) is 0 Å². The number of aryl methyl sites for hydroxylation is 1. The molecule has 0 aromatic heterocycles. The first-order chi connectivity index (χ1) is 6.43. The number of nitrogens with two attached hydrogens (primary N) is 1. The van der Waals surface area contributed by atoms with Crippen molar-refractivity contribution in [2.45, 2.75) is 46.5 Å². The molecule has 78 valence electrons. The second kappa shape index (κ2) is 4.04. The molecular weight excluding hydrogens is 170 g/mol. The highest BCUT2D eigenvalue weighted by Crippen LogP contribution is 2.29. The van der Waals surface area contributed by atoms with Crippen LogP contribution in [0.1, 0.15) is 56.2 Å². The minimum atomic E-state index is 0.507. The molecule has 0 aliphatic heterocycles. The third-order valence-electron chi connectivity index (χ3n) is 2.73. The number of nitrogen functional groups attached to an aromatic ring is 1. The quantitative estimate of drug-likeness (QED) is 0.706. The van der Waals surface area contributed by atoms with E-state index < -0.39 is 0 Å². The zero-order valence-corrected chi connectivity index (χ0v) is 9.89. The van der Waals surface area contributed by atoms with Gasteiger partial charge in [0.25, 0.3) is 0 Å². The Balaban J connectivity index is 3.28. The lowest BCUT2D eigenvalue weighted by atomic mass is 9.92. The lowest BCUT2D eigenvalue weighted by Gasteiger charge is -2.16. The second-order valence-corrected chi connectivity index (χ2v) is 4.65. The van der Waals surface area contributed by atoms with Crippen LogP contribution in [0.5, 0.6) is 0 Å². The molecule has 0 amide bonds. The van der Waals surface area contributed by atoms with E-state index in [1.54, 1.807) is 0 Å². The van der Waals surface area contributed by atoms with E-state index in [-0.39, 0.29) is 0 Å². The Morgan fingerprint density at radius 1 is 1.00 bits per heavy atom. The van der Waals surface area contributed by atoms with Crippen LogP contribution in [0.4, 0.5) is 5.69 Å². The Bertz CT molecular complexity index is 324. The summed E-state index contributed by atoms with van der Waals surface area (Å²) in [5.74, 6) is 1.08. The summed E-state index contributed by atoms with van der Waals surface area (Å²) in [6.07, 6.45) is 0. The molecule has 0 spiro atoms. The molecule has 0 bridgehead atoms. The topological polar surface area (TPSA) is 26.0 Å². The molecule has 0 fully saturated rings. The predicted molar refractivity (Wildman–Crippen MR) is 63.8 cm³/mol. The molecule has 14 heavy (non-hydrogen) atoms. The Morgan fingerprint density at radius 2 is 1.57 bits per heavy atom. The third-order valence-corrected chi connectivity index (χ3v) is 2.73. The fourth-order valence-corrected chi connectivity index (χ4v) is 1.67. The summed E-state index contributed by atoms with van der Waals surface area (Å²) in [4.78, 5) is 0. The second-order valence-electron chi connectivity index (χ2n) is 4.65. The van der Waals surface area contributed by atoms with Crippen molar-refractivity contribution in [2.75, 3.05) is 5.73 Å². The molecule has 0 saturated heterocycles. The van der Waals surface area contributed by atoms with Crippen LogP contribution in [0.25, 0.3) is 0 Å². The molecule has 0 atom stereocenters. The number of rotatable bonds is 2. The smallest absolute Gasteiger partial charge is 0.0379 e. The molecule has 1 nitrogen and oxygen atoms in total. The Hall–Kier alpha value is -0.980. The molecule has 0 aliphatic carbocycles. The Labute approximate surface area is 87.3 Å². The summed E-state index contributed by atoms with van der Waals surface area (Å²) in [5.41, 5.74) is 10.9. The molecule has 1 heteroatoms. The maximum Gasteiger partial charge on any atom is 0.0379 e. The van der Waals surface area contributed by atoms with E-state index in [4.69, 9.17) is 5.73 Å². The van der Waals surface area contributed by atoms with Gasteiger partial charge in [0, 0.05) is 5.69 Å². The molecular formula is C13H21N. The monoisotopic (exact) mass is 191 g/mol. The van der Waals surface area contributed by atoms with Crippen LogP contribution in [0.15, 0.2) is 12.1 Å². The van der Waals surface area contributed by atoms with Crippen molar-refractivity contribution in [3.05, 3.63) is 28.8 Å². The summed E-state index contributed by atoms with van der Waals surface area (Å²) < 4.78 is 0. The van der Waals surface area contributed by atoms with E-state index in [0.29, 0.717) is 11.8 Å². The van der Waals surface area contributed by atoms with Gasteiger partial charge in [-0.05, 0) is 35.4 Å². The fraction of sp³-hybridized carbons (Fsp3) is 0.538. The van der Waals surface area contributed by atoms with E-state index in [0.717, 1.165) is 5.69 Å². The van der Waals surface area contributed by atoms with Gasteiger partial charge in [-0.25, -0.2) is 0 Å². The van der Waals surface area contributed by atoms with Gasteiger partial charge in [-0.1, -0.05) is 39.8 Å². The highest BCUT2D eigenvalue weighted by Gasteiger charge is 2.10. The summed E-state index contributed by atoms with van der Waals surface area (Å²) in [6.45, 7) is 10.9. The molecule has 1 aromatic carbocycles. The van der Waals surface area contributed by atoms with Crippen LogP contribution in [0.2, 0.25) is 0 Å². The summed E-state index contributed by atoms with van der Waals surface area (Å²) in [5, 5.41) is 0. The predicted octanol–water partition coefficient (Wildman–Crippen LogP) is 3.82. The van der Waals surface area contributed by atoms with E-state index in [1.165, 1.54) is 16.7 Å². The first-order valence-electron chi connectivity index (χ1n) is 5.33. The van der Waals surface area contributed by atoms with Crippen LogP contribution in [0, 0.1) is 6.92 Å². The van der Waals surface area contributed by atoms with E-state index >= 15 is 0 Å². The molecule has 1 rings (SSSR count). The normalized spacial score (nSPS) is 11.4. The van der Waals surface area contributed by atoms with E-state index in [9.17, 15) is 0 Å². The average Bonchev–Trinajstić information content (AvgIpc) is 2.08. The maximum atomic E-state index is 6.05. The van der Waals surface area contributed by atoms with Gasteiger partial charge >= 0.3 is 0 Å². The van der Waals surface area contributed by atoms with Crippen molar-refractivity contribution in [1.82, 2.24) is 0 Å². The highest BCUT2D eigenvalue weighted by atomic mass is 14.6. The van der Waals surface area contributed by atoms with Gasteiger partial charge in [-0.15, -0.1) is 0 Å². The van der Waals surface area contributed by atoms with Gasteiger partial charge in [0.2, 0.25) is 0 Å². The fourth-order valence-electron chi connectivity index (χ4n) is 1.67. The molecule has 0 heterocycles. The maximum absolute atomic E-state index is 6.05. The van der Waals surface area contributed by atoms with Crippen molar-refractivity contribution in [3.63, 3.8) is 0 Å². The molecule has 0 aliphatic rings. The number of anilines is 1. The molecule has 1 aromatic rings. The van der Waals surface area contributed by atoms with Crippen LogP contribution in [-0.4, -0.2) is 0 Å². The zero-order chi connectivity index (χ0) is 10.9. The summed E-state index contributed by atoms with van der Waals surface area (Å²) >= 11 is 0. The summed E-state index contributed by atoms with van der Waals surface area (Å²) in [7, 11) is 0. The Kier molecular flexibility index (Phi) is 3.20. The van der Waals surface area contributed by atoms with E-state index in [1.807, 2.05) is 0 Å². The van der Waals surface area contributed by atoms with Crippen LogP contribution in [0.3, 0.4) is 0 Å². The molecule has 0 radical (unpaired) electrons.